The minimum Gasteiger partial charge on any atom is -0.317 e. The third-order valence-electron chi connectivity index (χ3n) is 3.64. The highest BCUT2D eigenvalue weighted by Gasteiger charge is 2.43. The number of fused-ring (bicyclic) bond motifs is 2. The van der Waals surface area contributed by atoms with Crippen LogP contribution in [-0.2, 0) is 11.9 Å². The number of hydrogen-bond donors (Lipinski definition) is 0. The predicted octanol–water partition coefficient (Wildman–Crippen LogP) is 0.401. The van der Waals surface area contributed by atoms with Crippen molar-refractivity contribution in [3.05, 3.63) is 47.2 Å². The summed E-state index contributed by atoms with van der Waals surface area (Å²) in [6.07, 6.45) is 6.84. The maximum absolute atomic E-state index is 12.2. The van der Waals surface area contributed by atoms with Gasteiger partial charge in [0.25, 0.3) is 0 Å². The molecule has 7 nitrogen and oxygen atoms in total. The Labute approximate surface area is 121 Å². The fourth-order valence-electron chi connectivity index (χ4n) is 2.61. The Bertz CT molecular complexity index is 679. The first kappa shape index (κ1) is 13.6. The molecule has 0 radical (unpaired) electrons. The molecule has 0 aliphatic carbocycles. The number of aromatic nitrogens is 2. The van der Waals surface area contributed by atoms with Gasteiger partial charge in [0, 0.05) is 31.5 Å². The Balaban J connectivity index is 1.94. The number of urea groups is 1. The maximum Gasteiger partial charge on any atom is 0.347 e. The van der Waals surface area contributed by atoms with Crippen molar-refractivity contribution in [3.8, 4) is 0 Å². The molecule has 1 unspecified atom stereocenters. The predicted molar refractivity (Wildman–Crippen MR) is 76.2 cm³/mol. The monoisotopic (exact) mass is 288 g/mol. The van der Waals surface area contributed by atoms with Gasteiger partial charge in [-0.25, -0.2) is 14.6 Å². The highest BCUT2D eigenvalue weighted by molar-refractivity contribution is 5.84. The standard InChI is InChI=1S/C14H16N4O3/c1-3-6-21-18-12-9-17(14(18)20)5-4-11(12)10-7-15-13(19)16(2)8-10/h3-4,7-8,12H,1,5-6,9H2,2H3. The zero-order valence-electron chi connectivity index (χ0n) is 11.7. The van der Waals surface area contributed by atoms with Gasteiger partial charge >= 0.3 is 11.7 Å². The summed E-state index contributed by atoms with van der Waals surface area (Å²) in [6, 6.07) is -0.337. The zero-order valence-corrected chi connectivity index (χ0v) is 11.7. The molecule has 2 amide bonds. The van der Waals surface area contributed by atoms with Crippen LogP contribution in [0.2, 0.25) is 0 Å². The number of hydroxylamine groups is 2. The van der Waals surface area contributed by atoms with Crippen molar-refractivity contribution >= 4 is 11.6 Å². The van der Waals surface area contributed by atoms with Gasteiger partial charge < -0.3 is 9.47 Å². The maximum atomic E-state index is 12.2. The van der Waals surface area contributed by atoms with Gasteiger partial charge in [0.05, 0.1) is 13.2 Å². The molecule has 1 saturated heterocycles. The molecule has 2 aliphatic rings. The van der Waals surface area contributed by atoms with E-state index < -0.39 is 0 Å². The molecule has 21 heavy (non-hydrogen) atoms. The Morgan fingerprint density at radius 2 is 2.33 bits per heavy atom. The first-order valence-electron chi connectivity index (χ1n) is 6.67. The average Bonchev–Trinajstić information content (AvgIpc) is 2.72. The van der Waals surface area contributed by atoms with E-state index in [2.05, 4.69) is 11.6 Å². The van der Waals surface area contributed by atoms with E-state index in [1.54, 1.807) is 24.2 Å². The average molecular weight is 288 g/mol. The van der Waals surface area contributed by atoms with E-state index in [4.69, 9.17) is 4.84 Å². The quantitative estimate of drug-likeness (QED) is 0.752. The third kappa shape index (κ3) is 2.25. The number of hydrogen-bond acceptors (Lipinski definition) is 4. The number of carbonyl (C=O) groups excluding carboxylic acids is 1. The largest absolute Gasteiger partial charge is 0.347 e. The van der Waals surface area contributed by atoms with Crippen molar-refractivity contribution in [1.82, 2.24) is 19.5 Å². The van der Waals surface area contributed by atoms with Gasteiger partial charge in [-0.15, -0.1) is 6.58 Å². The molecule has 2 aliphatic heterocycles. The fraction of sp³-hybridized carbons (Fsp3) is 0.357. The molecular weight excluding hydrogens is 272 g/mol. The molecule has 0 saturated carbocycles. The lowest BCUT2D eigenvalue weighted by molar-refractivity contribution is -0.105. The van der Waals surface area contributed by atoms with Crippen LogP contribution in [0.15, 0.2) is 35.9 Å². The fourth-order valence-corrected chi connectivity index (χ4v) is 2.61. The van der Waals surface area contributed by atoms with Crippen molar-refractivity contribution in [3.63, 3.8) is 0 Å². The molecule has 0 aromatic carbocycles. The summed E-state index contributed by atoms with van der Waals surface area (Å²) in [5, 5.41) is 1.38. The summed E-state index contributed by atoms with van der Waals surface area (Å²) < 4.78 is 1.42. The third-order valence-corrected chi connectivity index (χ3v) is 3.64. The van der Waals surface area contributed by atoms with E-state index in [-0.39, 0.29) is 24.4 Å². The minimum absolute atomic E-state index is 0.147. The van der Waals surface area contributed by atoms with Crippen LogP contribution in [0.5, 0.6) is 0 Å². The lowest BCUT2D eigenvalue weighted by Gasteiger charge is -2.24. The summed E-state index contributed by atoms with van der Waals surface area (Å²) >= 11 is 0. The van der Waals surface area contributed by atoms with Crippen LogP contribution in [0.25, 0.3) is 5.57 Å². The van der Waals surface area contributed by atoms with Crippen molar-refractivity contribution in [2.75, 3.05) is 19.7 Å². The summed E-state index contributed by atoms with van der Waals surface area (Å²) in [7, 11) is 1.65. The highest BCUT2D eigenvalue weighted by Crippen LogP contribution is 2.32. The molecule has 110 valence electrons. The Morgan fingerprint density at radius 1 is 1.52 bits per heavy atom. The topological polar surface area (TPSA) is 67.7 Å². The van der Waals surface area contributed by atoms with Crippen molar-refractivity contribution < 1.29 is 9.63 Å². The Hall–Kier alpha value is -2.41. The van der Waals surface area contributed by atoms with Crippen LogP contribution < -0.4 is 5.69 Å². The first-order chi connectivity index (χ1) is 10.1. The first-order valence-corrected chi connectivity index (χ1v) is 6.67. The molecule has 0 N–H and O–H groups in total. The minimum atomic E-state index is -0.306. The van der Waals surface area contributed by atoms with Gasteiger partial charge in [0.1, 0.15) is 6.04 Å². The van der Waals surface area contributed by atoms with Crippen LogP contribution in [0.1, 0.15) is 5.56 Å². The molecule has 7 heteroatoms. The molecule has 2 bridgehead atoms. The van der Waals surface area contributed by atoms with Gasteiger partial charge in [0.2, 0.25) is 0 Å². The number of rotatable bonds is 4. The van der Waals surface area contributed by atoms with E-state index in [0.717, 1.165) is 11.1 Å². The lowest BCUT2D eigenvalue weighted by atomic mass is 9.99. The van der Waals surface area contributed by atoms with Gasteiger partial charge in [-0.05, 0) is 5.57 Å². The van der Waals surface area contributed by atoms with Crippen molar-refractivity contribution in [2.24, 2.45) is 7.05 Å². The number of nitrogens with zero attached hydrogens (tertiary/aromatic N) is 4. The zero-order chi connectivity index (χ0) is 15.0. The van der Waals surface area contributed by atoms with Gasteiger partial charge in [-0.3, -0.25) is 4.84 Å². The van der Waals surface area contributed by atoms with E-state index in [1.165, 1.54) is 15.8 Å². The SMILES string of the molecule is C=CCON1C(=O)N2CC=C(c3cnc(=O)n(C)c3)C1C2. The normalized spacial score (nSPS) is 20.7. The molecule has 1 aromatic rings. The van der Waals surface area contributed by atoms with E-state index in [1.807, 2.05) is 6.08 Å². The Morgan fingerprint density at radius 3 is 3.05 bits per heavy atom. The van der Waals surface area contributed by atoms with Crippen molar-refractivity contribution in [2.45, 2.75) is 6.04 Å². The summed E-state index contributed by atoms with van der Waals surface area (Å²) in [5.41, 5.74) is 1.46. The molecule has 1 aromatic heterocycles. The molecule has 1 atom stereocenters. The molecule has 0 spiro atoms. The number of carbonyl (C=O) groups is 1. The van der Waals surface area contributed by atoms with Crippen LogP contribution in [0.4, 0.5) is 4.79 Å². The van der Waals surface area contributed by atoms with Crippen LogP contribution in [-0.4, -0.2) is 51.3 Å². The van der Waals surface area contributed by atoms with Crippen LogP contribution >= 0.6 is 0 Å². The number of amides is 2. The molecular formula is C14H16N4O3. The smallest absolute Gasteiger partial charge is 0.317 e. The second-order valence-electron chi connectivity index (χ2n) is 5.01. The molecule has 3 rings (SSSR count). The van der Waals surface area contributed by atoms with Gasteiger partial charge in [-0.1, -0.05) is 12.2 Å². The van der Waals surface area contributed by atoms with Gasteiger partial charge in [0.15, 0.2) is 0 Å². The molecule has 3 heterocycles. The summed E-state index contributed by atoms with van der Waals surface area (Å²) in [5.74, 6) is 0. The summed E-state index contributed by atoms with van der Waals surface area (Å²) in [4.78, 5) is 34.6. The van der Waals surface area contributed by atoms with Crippen LogP contribution in [0, 0.1) is 0 Å². The van der Waals surface area contributed by atoms with E-state index in [0.29, 0.717) is 13.1 Å². The van der Waals surface area contributed by atoms with E-state index in [9.17, 15) is 9.59 Å². The van der Waals surface area contributed by atoms with Crippen LogP contribution in [0.3, 0.4) is 0 Å². The van der Waals surface area contributed by atoms with Gasteiger partial charge in [-0.2, -0.15) is 5.06 Å². The summed E-state index contributed by atoms with van der Waals surface area (Å²) in [6.45, 7) is 4.97. The second-order valence-corrected chi connectivity index (χ2v) is 5.01. The second kappa shape index (κ2) is 5.17. The lowest BCUT2D eigenvalue weighted by Crippen LogP contribution is -2.34. The highest BCUT2D eigenvalue weighted by atomic mass is 16.7. The Kier molecular flexibility index (Phi) is 3.34. The number of aryl methyl sites for hydroxylation is 1. The molecule has 1 fully saturated rings. The van der Waals surface area contributed by atoms with E-state index >= 15 is 0 Å². The van der Waals surface area contributed by atoms with Crippen molar-refractivity contribution in [1.29, 1.82) is 0 Å².